The van der Waals surface area contributed by atoms with E-state index in [-0.39, 0.29) is 0 Å². The van der Waals surface area contributed by atoms with E-state index in [1.165, 1.54) is 0 Å². The minimum Gasteiger partial charge on any atom is -0.318 e. The van der Waals surface area contributed by atoms with E-state index in [0.29, 0.717) is 13.1 Å². The number of aryl methyl sites for hydroxylation is 1. The first-order valence-electron chi connectivity index (χ1n) is 5.67. The molecule has 1 rings (SSSR count). The Hall–Kier alpha value is -0.920. The number of nitrogens with one attached hydrogen (secondary N) is 2. The van der Waals surface area contributed by atoms with Gasteiger partial charge in [-0.15, -0.1) is 0 Å². The molecule has 1 heterocycles. The highest BCUT2D eigenvalue weighted by atomic mass is 32.2. The van der Waals surface area contributed by atoms with E-state index < -0.39 is 15.3 Å². The fourth-order valence-electron chi connectivity index (χ4n) is 1.43. The minimum absolute atomic E-state index is 0.419. The second kappa shape index (κ2) is 6.73. The van der Waals surface area contributed by atoms with Crippen molar-refractivity contribution in [3.05, 3.63) is 18.5 Å². The third-order valence-corrected chi connectivity index (χ3v) is 4.28. The topological polar surface area (TPSA) is 76.0 Å². The highest BCUT2D eigenvalue weighted by molar-refractivity contribution is 7.90. The summed E-state index contributed by atoms with van der Waals surface area (Å²) in [5.74, 6) is 0. The van der Waals surface area contributed by atoms with Crippen LogP contribution in [0.5, 0.6) is 0 Å². The van der Waals surface area contributed by atoms with Gasteiger partial charge in [0.15, 0.2) is 0 Å². The summed E-state index contributed by atoms with van der Waals surface area (Å²) < 4.78 is 27.8. The van der Waals surface area contributed by atoms with E-state index in [1.54, 1.807) is 24.9 Å². The van der Waals surface area contributed by atoms with Gasteiger partial charge >= 0.3 is 0 Å². The van der Waals surface area contributed by atoms with E-state index >= 15 is 0 Å². The number of hydrogen-bond donors (Lipinski definition) is 2. The van der Waals surface area contributed by atoms with Gasteiger partial charge in [-0.05, 0) is 26.5 Å². The molecule has 98 valence electrons. The van der Waals surface area contributed by atoms with Crippen molar-refractivity contribution in [3.8, 4) is 0 Å². The Kier molecular flexibility index (Phi) is 5.60. The smallest absolute Gasteiger partial charge is 0.215 e. The van der Waals surface area contributed by atoms with Crippen LogP contribution in [-0.4, -0.2) is 43.6 Å². The summed E-state index contributed by atoms with van der Waals surface area (Å²) in [5.41, 5.74) is 0. The van der Waals surface area contributed by atoms with Crippen LogP contribution in [0, 0.1) is 0 Å². The molecule has 17 heavy (non-hydrogen) atoms. The lowest BCUT2D eigenvalue weighted by atomic mass is 10.4. The van der Waals surface area contributed by atoms with Crippen LogP contribution in [0.4, 0.5) is 0 Å². The Balaban J connectivity index is 2.25. The molecule has 0 aromatic carbocycles. The molecule has 0 spiro atoms. The van der Waals surface area contributed by atoms with Crippen LogP contribution in [0.15, 0.2) is 18.5 Å². The molecule has 7 heteroatoms. The van der Waals surface area contributed by atoms with Gasteiger partial charge in [0.2, 0.25) is 10.0 Å². The van der Waals surface area contributed by atoms with Gasteiger partial charge in [-0.3, -0.25) is 4.68 Å². The monoisotopic (exact) mass is 260 g/mol. The van der Waals surface area contributed by atoms with Crippen molar-refractivity contribution in [2.75, 3.05) is 20.1 Å². The second-order valence-electron chi connectivity index (χ2n) is 3.93. The van der Waals surface area contributed by atoms with E-state index in [4.69, 9.17) is 0 Å². The van der Waals surface area contributed by atoms with Gasteiger partial charge in [-0.25, -0.2) is 13.1 Å². The Bertz CT molecular complexity index is 402. The van der Waals surface area contributed by atoms with Crippen molar-refractivity contribution in [1.82, 2.24) is 19.8 Å². The predicted molar refractivity (Wildman–Crippen MR) is 67.2 cm³/mol. The molecule has 0 bridgehead atoms. The molecule has 0 fully saturated rings. The Morgan fingerprint density at radius 2 is 2.24 bits per heavy atom. The van der Waals surface area contributed by atoms with Crippen LogP contribution in [0.3, 0.4) is 0 Å². The average Bonchev–Trinajstić information content (AvgIpc) is 2.77. The van der Waals surface area contributed by atoms with Gasteiger partial charge in [0, 0.05) is 32.0 Å². The number of rotatable bonds is 8. The molecule has 2 N–H and O–H groups in total. The summed E-state index contributed by atoms with van der Waals surface area (Å²) in [6.07, 6.45) is 4.30. The highest BCUT2D eigenvalue weighted by Crippen LogP contribution is 1.97. The van der Waals surface area contributed by atoms with E-state index in [9.17, 15) is 8.42 Å². The lowest BCUT2D eigenvalue weighted by Crippen LogP contribution is -2.38. The van der Waals surface area contributed by atoms with Crippen molar-refractivity contribution in [2.24, 2.45) is 0 Å². The van der Waals surface area contributed by atoms with Crippen LogP contribution < -0.4 is 10.0 Å². The lowest BCUT2D eigenvalue weighted by molar-refractivity contribution is 0.543. The predicted octanol–water partition coefficient (Wildman–Crippen LogP) is -0.199. The summed E-state index contributed by atoms with van der Waals surface area (Å²) >= 11 is 0. The summed E-state index contributed by atoms with van der Waals surface area (Å²) in [7, 11) is -1.47. The Labute approximate surface area is 102 Å². The summed E-state index contributed by atoms with van der Waals surface area (Å²) in [4.78, 5) is 0. The molecule has 0 saturated heterocycles. The number of sulfonamides is 1. The summed E-state index contributed by atoms with van der Waals surface area (Å²) in [6, 6.07) is 1.85. The molecule has 1 aromatic heterocycles. The molecule has 0 aliphatic carbocycles. The number of hydrogen-bond acceptors (Lipinski definition) is 4. The van der Waals surface area contributed by atoms with Gasteiger partial charge in [-0.2, -0.15) is 5.10 Å². The molecule has 0 saturated carbocycles. The number of aromatic nitrogens is 2. The van der Waals surface area contributed by atoms with E-state index in [1.807, 2.05) is 12.3 Å². The third-order valence-electron chi connectivity index (χ3n) is 2.45. The van der Waals surface area contributed by atoms with E-state index in [0.717, 1.165) is 13.0 Å². The maximum Gasteiger partial charge on any atom is 0.215 e. The molecule has 1 unspecified atom stereocenters. The lowest BCUT2D eigenvalue weighted by Gasteiger charge is -2.13. The van der Waals surface area contributed by atoms with E-state index in [2.05, 4.69) is 15.1 Å². The normalized spacial score (nSPS) is 13.8. The maximum atomic E-state index is 11.7. The quantitative estimate of drug-likeness (QED) is 0.635. The molecule has 1 aromatic rings. The fraction of sp³-hybridized carbons (Fsp3) is 0.700. The average molecular weight is 260 g/mol. The highest BCUT2D eigenvalue weighted by Gasteiger charge is 2.18. The van der Waals surface area contributed by atoms with Crippen molar-refractivity contribution in [1.29, 1.82) is 0 Å². The van der Waals surface area contributed by atoms with Gasteiger partial charge in [0.05, 0.1) is 5.25 Å². The molecular formula is C10H20N4O2S. The fourth-order valence-corrected chi connectivity index (χ4v) is 2.53. The summed E-state index contributed by atoms with van der Waals surface area (Å²) in [6.45, 7) is 3.30. The van der Waals surface area contributed by atoms with Crippen LogP contribution in [-0.2, 0) is 16.6 Å². The molecule has 0 radical (unpaired) electrons. The first-order valence-corrected chi connectivity index (χ1v) is 7.21. The van der Waals surface area contributed by atoms with Crippen LogP contribution >= 0.6 is 0 Å². The minimum atomic E-state index is -3.21. The second-order valence-corrected chi connectivity index (χ2v) is 6.11. The first kappa shape index (κ1) is 14.1. The zero-order valence-electron chi connectivity index (χ0n) is 10.3. The summed E-state index contributed by atoms with van der Waals surface area (Å²) in [5, 5.41) is 6.48. The first-order chi connectivity index (χ1) is 8.06. The van der Waals surface area contributed by atoms with Crippen LogP contribution in [0.1, 0.15) is 13.3 Å². The van der Waals surface area contributed by atoms with Gasteiger partial charge in [0.25, 0.3) is 0 Å². The standard InChI is InChI=1S/C10H20N4O2S/c1-10(9-11-2)17(15,16)13-6-4-8-14-7-3-5-12-14/h3,5,7,10-11,13H,4,6,8-9H2,1-2H3. The molecule has 6 nitrogen and oxygen atoms in total. The van der Waals surface area contributed by atoms with Crippen molar-refractivity contribution >= 4 is 10.0 Å². The SMILES string of the molecule is CNCC(C)S(=O)(=O)NCCCn1cccn1. The molecule has 0 aliphatic heterocycles. The zero-order chi connectivity index (χ0) is 12.7. The van der Waals surface area contributed by atoms with Crippen LogP contribution in [0.25, 0.3) is 0 Å². The molecule has 0 aliphatic rings. The molecule has 1 atom stereocenters. The van der Waals surface area contributed by atoms with Gasteiger partial charge in [-0.1, -0.05) is 0 Å². The maximum absolute atomic E-state index is 11.7. The van der Waals surface area contributed by atoms with Crippen molar-refractivity contribution in [2.45, 2.75) is 25.1 Å². The number of nitrogens with zero attached hydrogens (tertiary/aromatic N) is 2. The van der Waals surface area contributed by atoms with Crippen molar-refractivity contribution < 1.29 is 8.42 Å². The van der Waals surface area contributed by atoms with Gasteiger partial charge in [0.1, 0.15) is 0 Å². The zero-order valence-corrected chi connectivity index (χ0v) is 11.1. The Morgan fingerprint density at radius 3 is 2.82 bits per heavy atom. The van der Waals surface area contributed by atoms with Gasteiger partial charge < -0.3 is 5.32 Å². The van der Waals surface area contributed by atoms with Crippen molar-refractivity contribution in [3.63, 3.8) is 0 Å². The van der Waals surface area contributed by atoms with Crippen LogP contribution in [0.2, 0.25) is 0 Å². The molecule has 0 amide bonds. The Morgan fingerprint density at radius 1 is 1.47 bits per heavy atom. The third kappa shape index (κ3) is 4.84. The largest absolute Gasteiger partial charge is 0.318 e. The molecular weight excluding hydrogens is 240 g/mol.